The Bertz CT molecular complexity index is 344. The molecule has 18 heavy (non-hydrogen) atoms. The maximum absolute atomic E-state index is 9.37. The zero-order chi connectivity index (χ0) is 13.4. The summed E-state index contributed by atoms with van der Waals surface area (Å²) in [6.07, 6.45) is -0.647. The minimum Gasteiger partial charge on any atom is -0.394 e. The Morgan fingerprint density at radius 3 is 2.67 bits per heavy atom. The zero-order valence-electron chi connectivity index (χ0n) is 11.1. The molecular formula is C14H23NO2S. The molecule has 0 fully saturated rings. The molecule has 1 atom stereocenters. The molecule has 0 aliphatic rings. The summed E-state index contributed by atoms with van der Waals surface area (Å²) in [5, 5.41) is 21.6. The molecule has 0 spiro atoms. The molecule has 1 unspecified atom stereocenters. The summed E-state index contributed by atoms with van der Waals surface area (Å²) in [6.45, 7) is 6.03. The lowest BCUT2D eigenvalue weighted by atomic mass is 10.2. The Balaban J connectivity index is 2.50. The Morgan fingerprint density at radius 1 is 1.28 bits per heavy atom. The summed E-state index contributed by atoms with van der Waals surface area (Å²) in [6, 6.07) is 8.18. The van der Waals surface area contributed by atoms with E-state index in [9.17, 15) is 5.11 Å². The third-order valence-electron chi connectivity index (χ3n) is 2.48. The van der Waals surface area contributed by atoms with Gasteiger partial charge in [0.25, 0.3) is 0 Å². The monoisotopic (exact) mass is 269 g/mol. The van der Waals surface area contributed by atoms with Gasteiger partial charge in [-0.3, -0.25) is 0 Å². The Hall–Kier alpha value is -0.550. The SMILES string of the molecule is CC(C)CNCc1ccccc1SCC(O)CO. The van der Waals surface area contributed by atoms with E-state index in [2.05, 4.69) is 31.3 Å². The molecule has 3 N–H and O–H groups in total. The van der Waals surface area contributed by atoms with Crippen LogP contribution in [0.1, 0.15) is 19.4 Å². The second kappa shape index (κ2) is 8.53. The van der Waals surface area contributed by atoms with Gasteiger partial charge in [0.2, 0.25) is 0 Å². The van der Waals surface area contributed by atoms with Crippen LogP contribution in [-0.4, -0.2) is 35.2 Å². The number of aliphatic hydroxyl groups excluding tert-OH is 2. The van der Waals surface area contributed by atoms with Crippen LogP contribution in [0, 0.1) is 5.92 Å². The van der Waals surface area contributed by atoms with Gasteiger partial charge >= 0.3 is 0 Å². The van der Waals surface area contributed by atoms with Crippen LogP contribution in [-0.2, 0) is 6.54 Å². The van der Waals surface area contributed by atoms with Gasteiger partial charge in [-0.1, -0.05) is 32.0 Å². The molecule has 102 valence electrons. The fraction of sp³-hybridized carbons (Fsp3) is 0.571. The predicted octanol–water partition coefficient (Wildman–Crippen LogP) is 1.88. The first-order chi connectivity index (χ1) is 8.63. The molecule has 0 radical (unpaired) electrons. The lowest BCUT2D eigenvalue weighted by molar-refractivity contribution is 0.113. The average Bonchev–Trinajstić information content (AvgIpc) is 2.36. The Kier molecular flexibility index (Phi) is 7.35. The van der Waals surface area contributed by atoms with E-state index in [0.717, 1.165) is 13.1 Å². The second-order valence-corrected chi connectivity index (χ2v) is 5.84. The zero-order valence-corrected chi connectivity index (χ0v) is 11.9. The fourth-order valence-electron chi connectivity index (χ4n) is 1.52. The summed E-state index contributed by atoms with van der Waals surface area (Å²) < 4.78 is 0. The van der Waals surface area contributed by atoms with Crippen molar-refractivity contribution >= 4 is 11.8 Å². The number of thioether (sulfide) groups is 1. The van der Waals surface area contributed by atoms with Crippen molar-refractivity contribution in [3.63, 3.8) is 0 Å². The molecule has 0 aliphatic heterocycles. The average molecular weight is 269 g/mol. The minimum atomic E-state index is -0.647. The van der Waals surface area contributed by atoms with Crippen molar-refractivity contribution in [3.05, 3.63) is 29.8 Å². The molecule has 3 nitrogen and oxygen atoms in total. The largest absolute Gasteiger partial charge is 0.394 e. The van der Waals surface area contributed by atoms with Gasteiger partial charge in [-0.2, -0.15) is 0 Å². The highest BCUT2D eigenvalue weighted by Crippen LogP contribution is 2.23. The number of nitrogens with one attached hydrogen (secondary N) is 1. The second-order valence-electron chi connectivity index (χ2n) is 4.78. The van der Waals surface area contributed by atoms with E-state index in [1.165, 1.54) is 10.5 Å². The van der Waals surface area contributed by atoms with Crippen LogP contribution < -0.4 is 5.32 Å². The van der Waals surface area contributed by atoms with Crippen LogP contribution in [0.4, 0.5) is 0 Å². The lowest BCUT2D eigenvalue weighted by Gasteiger charge is -2.12. The molecule has 0 aliphatic carbocycles. The number of hydrogen-bond donors (Lipinski definition) is 3. The lowest BCUT2D eigenvalue weighted by Crippen LogP contribution is -2.19. The molecule has 4 heteroatoms. The van der Waals surface area contributed by atoms with E-state index in [1.807, 2.05) is 12.1 Å². The highest BCUT2D eigenvalue weighted by molar-refractivity contribution is 7.99. The van der Waals surface area contributed by atoms with Gasteiger partial charge in [0.15, 0.2) is 0 Å². The first-order valence-electron chi connectivity index (χ1n) is 6.33. The smallest absolute Gasteiger partial charge is 0.0864 e. The highest BCUT2D eigenvalue weighted by Gasteiger charge is 2.06. The van der Waals surface area contributed by atoms with E-state index in [1.54, 1.807) is 11.8 Å². The van der Waals surface area contributed by atoms with Gasteiger partial charge in [0, 0.05) is 17.2 Å². The van der Waals surface area contributed by atoms with Crippen LogP contribution >= 0.6 is 11.8 Å². The van der Waals surface area contributed by atoms with Crippen LogP contribution in [0.3, 0.4) is 0 Å². The molecule has 0 amide bonds. The number of aliphatic hydroxyl groups is 2. The van der Waals surface area contributed by atoms with Crippen molar-refractivity contribution < 1.29 is 10.2 Å². The van der Waals surface area contributed by atoms with Crippen molar-refractivity contribution in [2.45, 2.75) is 31.4 Å². The maximum Gasteiger partial charge on any atom is 0.0864 e. The quantitative estimate of drug-likeness (QED) is 0.631. The maximum atomic E-state index is 9.37. The molecule has 1 rings (SSSR count). The summed E-state index contributed by atoms with van der Waals surface area (Å²) in [7, 11) is 0. The van der Waals surface area contributed by atoms with Gasteiger partial charge in [-0.15, -0.1) is 11.8 Å². The van der Waals surface area contributed by atoms with Gasteiger partial charge in [-0.05, 0) is 24.1 Å². The Labute approximate surface area is 114 Å². The predicted molar refractivity (Wildman–Crippen MR) is 76.8 cm³/mol. The minimum absolute atomic E-state index is 0.180. The summed E-state index contributed by atoms with van der Waals surface area (Å²) in [5.74, 6) is 1.17. The molecule has 0 heterocycles. The number of rotatable bonds is 8. The first kappa shape index (κ1) is 15.5. The van der Waals surface area contributed by atoms with Crippen molar-refractivity contribution in [1.29, 1.82) is 0 Å². The molecule has 1 aromatic rings. The van der Waals surface area contributed by atoms with E-state index in [4.69, 9.17) is 5.11 Å². The van der Waals surface area contributed by atoms with Crippen LogP contribution in [0.15, 0.2) is 29.2 Å². The summed E-state index contributed by atoms with van der Waals surface area (Å²) in [5.41, 5.74) is 1.24. The normalized spacial score (nSPS) is 12.9. The number of benzene rings is 1. The highest BCUT2D eigenvalue weighted by atomic mass is 32.2. The van der Waals surface area contributed by atoms with Crippen molar-refractivity contribution in [2.24, 2.45) is 5.92 Å². The van der Waals surface area contributed by atoms with Gasteiger partial charge in [0.1, 0.15) is 0 Å². The molecule has 0 bridgehead atoms. The molecule has 0 aromatic heterocycles. The summed E-state index contributed by atoms with van der Waals surface area (Å²) in [4.78, 5) is 1.17. The third kappa shape index (κ3) is 5.87. The molecule has 0 saturated heterocycles. The summed E-state index contributed by atoms with van der Waals surface area (Å²) >= 11 is 1.59. The fourth-order valence-corrected chi connectivity index (χ4v) is 2.50. The van der Waals surface area contributed by atoms with Crippen molar-refractivity contribution in [2.75, 3.05) is 18.9 Å². The molecular weight excluding hydrogens is 246 g/mol. The van der Waals surface area contributed by atoms with E-state index in [-0.39, 0.29) is 6.61 Å². The van der Waals surface area contributed by atoms with Crippen LogP contribution in [0.5, 0.6) is 0 Å². The number of hydrogen-bond acceptors (Lipinski definition) is 4. The Morgan fingerprint density at radius 2 is 2.00 bits per heavy atom. The topological polar surface area (TPSA) is 52.5 Å². The standard InChI is InChI=1S/C14H23NO2S/c1-11(2)7-15-8-12-5-3-4-6-14(12)18-10-13(17)9-16/h3-6,11,13,15-17H,7-10H2,1-2H3. The molecule has 0 saturated carbocycles. The van der Waals surface area contributed by atoms with Crippen molar-refractivity contribution in [1.82, 2.24) is 5.32 Å². The first-order valence-corrected chi connectivity index (χ1v) is 7.32. The van der Waals surface area contributed by atoms with E-state index in [0.29, 0.717) is 11.7 Å². The van der Waals surface area contributed by atoms with Crippen molar-refractivity contribution in [3.8, 4) is 0 Å². The van der Waals surface area contributed by atoms with Crippen LogP contribution in [0.25, 0.3) is 0 Å². The van der Waals surface area contributed by atoms with Gasteiger partial charge < -0.3 is 15.5 Å². The van der Waals surface area contributed by atoms with E-state index < -0.39 is 6.10 Å². The van der Waals surface area contributed by atoms with E-state index >= 15 is 0 Å². The van der Waals surface area contributed by atoms with Gasteiger partial charge in [-0.25, -0.2) is 0 Å². The third-order valence-corrected chi connectivity index (χ3v) is 3.74. The van der Waals surface area contributed by atoms with Gasteiger partial charge in [0.05, 0.1) is 12.7 Å². The molecule has 1 aromatic carbocycles. The van der Waals surface area contributed by atoms with Crippen LogP contribution in [0.2, 0.25) is 0 Å².